The molecule has 3 aromatic rings. The van der Waals surface area contributed by atoms with Crippen molar-refractivity contribution in [3.05, 3.63) is 47.4 Å². The third-order valence-corrected chi connectivity index (χ3v) is 3.41. The molecule has 6 heteroatoms. The fourth-order valence-electron chi connectivity index (χ4n) is 2.26. The summed E-state index contributed by atoms with van der Waals surface area (Å²) in [6, 6.07) is 9.93. The summed E-state index contributed by atoms with van der Waals surface area (Å²) in [4.78, 5) is 8.19. The van der Waals surface area contributed by atoms with Crippen LogP contribution in [0.5, 0.6) is 0 Å². The third-order valence-electron chi connectivity index (χ3n) is 3.22. The third kappa shape index (κ3) is 2.69. The van der Waals surface area contributed by atoms with E-state index >= 15 is 0 Å². The molecule has 0 aliphatic rings. The normalized spacial score (nSPS) is 11.8. The molecular formula is C15H16ClN5. The molecule has 0 atom stereocenters. The van der Waals surface area contributed by atoms with Crippen LogP contribution in [-0.2, 0) is 5.41 Å². The summed E-state index contributed by atoms with van der Waals surface area (Å²) in [5.41, 5.74) is 2.26. The molecule has 5 nitrogen and oxygen atoms in total. The Hall–Kier alpha value is -2.14. The lowest BCUT2D eigenvalue weighted by Crippen LogP contribution is -2.14. The van der Waals surface area contributed by atoms with Gasteiger partial charge in [0.2, 0.25) is 0 Å². The van der Waals surface area contributed by atoms with E-state index < -0.39 is 0 Å². The van der Waals surface area contributed by atoms with Gasteiger partial charge in [0.15, 0.2) is 0 Å². The highest BCUT2D eigenvalue weighted by Crippen LogP contribution is 2.31. The van der Waals surface area contributed by atoms with Crippen LogP contribution in [0.25, 0.3) is 5.78 Å². The maximum absolute atomic E-state index is 6.04. The van der Waals surface area contributed by atoms with E-state index in [1.165, 1.54) is 11.9 Å². The number of anilines is 2. The van der Waals surface area contributed by atoms with E-state index in [2.05, 4.69) is 47.2 Å². The molecule has 3 rings (SSSR count). The molecule has 0 amide bonds. The Morgan fingerprint density at radius 1 is 1.19 bits per heavy atom. The van der Waals surface area contributed by atoms with Crippen LogP contribution < -0.4 is 5.32 Å². The first-order valence-corrected chi connectivity index (χ1v) is 7.06. The topological polar surface area (TPSA) is 55.1 Å². The molecule has 1 N–H and O–H groups in total. The molecule has 0 spiro atoms. The zero-order chi connectivity index (χ0) is 15.0. The van der Waals surface area contributed by atoms with E-state index in [9.17, 15) is 0 Å². The minimum absolute atomic E-state index is 0.0297. The van der Waals surface area contributed by atoms with Crippen molar-refractivity contribution in [2.24, 2.45) is 0 Å². The minimum Gasteiger partial charge on any atom is -0.340 e. The second-order valence-electron chi connectivity index (χ2n) is 5.86. The van der Waals surface area contributed by atoms with Crippen molar-refractivity contribution >= 4 is 28.9 Å². The zero-order valence-electron chi connectivity index (χ0n) is 12.1. The highest BCUT2D eigenvalue weighted by Gasteiger charge is 2.18. The van der Waals surface area contributed by atoms with Crippen molar-refractivity contribution in [1.82, 2.24) is 19.6 Å². The molecule has 0 aliphatic carbocycles. The summed E-state index contributed by atoms with van der Waals surface area (Å²) in [5, 5.41) is 7.94. The lowest BCUT2D eigenvalue weighted by atomic mass is 9.86. The predicted molar refractivity (Wildman–Crippen MR) is 84.2 cm³/mol. The molecule has 21 heavy (non-hydrogen) atoms. The SMILES string of the molecule is CC(C)(C)c1ccccc1Nc1cc(Cl)nc2ncnn12. The highest BCUT2D eigenvalue weighted by molar-refractivity contribution is 6.29. The summed E-state index contributed by atoms with van der Waals surface area (Å²) < 4.78 is 1.63. The Morgan fingerprint density at radius 3 is 2.71 bits per heavy atom. The standard InChI is InChI=1S/C15H16ClN5/c1-15(2,3)10-6-4-5-7-11(10)19-13-8-12(16)20-14-17-9-18-21(13)14/h4-9,19H,1-3H3. The van der Waals surface area contributed by atoms with Gasteiger partial charge in [-0.2, -0.15) is 19.6 Å². The number of aromatic nitrogens is 4. The molecule has 0 radical (unpaired) electrons. The zero-order valence-corrected chi connectivity index (χ0v) is 12.9. The average Bonchev–Trinajstić information content (AvgIpc) is 2.86. The number of halogens is 1. The molecule has 0 unspecified atom stereocenters. The number of rotatable bonds is 2. The second kappa shape index (κ2) is 5.00. The molecule has 0 aliphatic heterocycles. The Bertz CT molecular complexity index is 788. The predicted octanol–water partition coefficient (Wildman–Crippen LogP) is 3.82. The fourth-order valence-corrected chi connectivity index (χ4v) is 2.44. The van der Waals surface area contributed by atoms with Gasteiger partial charge in [-0.3, -0.25) is 0 Å². The molecule has 0 saturated carbocycles. The van der Waals surface area contributed by atoms with Crippen molar-refractivity contribution in [2.45, 2.75) is 26.2 Å². The summed E-state index contributed by atoms with van der Waals surface area (Å²) >= 11 is 6.04. The van der Waals surface area contributed by atoms with E-state index in [0.717, 1.165) is 11.5 Å². The molecule has 2 aromatic heterocycles. The Kier molecular flexibility index (Phi) is 3.29. The van der Waals surface area contributed by atoms with Gasteiger partial charge >= 0.3 is 0 Å². The van der Waals surface area contributed by atoms with Gasteiger partial charge < -0.3 is 5.32 Å². The number of fused-ring (bicyclic) bond motifs is 1. The fraction of sp³-hybridized carbons (Fsp3) is 0.267. The number of nitrogens with zero attached hydrogens (tertiary/aromatic N) is 4. The number of benzene rings is 1. The van der Waals surface area contributed by atoms with Crippen LogP contribution in [0.2, 0.25) is 5.15 Å². The van der Waals surface area contributed by atoms with Gasteiger partial charge in [-0.25, -0.2) is 0 Å². The number of para-hydroxylation sites is 1. The molecule has 108 valence electrons. The first kappa shape index (κ1) is 13.8. The van der Waals surface area contributed by atoms with Crippen molar-refractivity contribution in [2.75, 3.05) is 5.32 Å². The highest BCUT2D eigenvalue weighted by atomic mass is 35.5. The van der Waals surface area contributed by atoms with Gasteiger partial charge in [0.25, 0.3) is 5.78 Å². The number of hydrogen-bond acceptors (Lipinski definition) is 4. The number of nitrogens with one attached hydrogen (secondary N) is 1. The molecular weight excluding hydrogens is 286 g/mol. The largest absolute Gasteiger partial charge is 0.340 e. The first-order valence-electron chi connectivity index (χ1n) is 6.68. The van der Waals surface area contributed by atoms with Crippen LogP contribution in [0.3, 0.4) is 0 Å². The molecule has 1 aromatic carbocycles. The summed E-state index contributed by atoms with van der Waals surface area (Å²) in [6.07, 6.45) is 1.46. The maximum atomic E-state index is 6.04. The van der Waals surface area contributed by atoms with Crippen LogP contribution in [0, 0.1) is 0 Å². The van der Waals surface area contributed by atoms with E-state index in [4.69, 9.17) is 11.6 Å². The van der Waals surface area contributed by atoms with Crippen LogP contribution in [-0.4, -0.2) is 19.6 Å². The first-order chi connectivity index (χ1) is 9.95. The quantitative estimate of drug-likeness (QED) is 0.731. The molecule has 0 bridgehead atoms. The van der Waals surface area contributed by atoms with Gasteiger partial charge in [-0.15, -0.1) is 0 Å². The van der Waals surface area contributed by atoms with Crippen molar-refractivity contribution < 1.29 is 0 Å². The summed E-state index contributed by atoms with van der Waals surface area (Å²) in [6.45, 7) is 6.54. The van der Waals surface area contributed by atoms with Crippen molar-refractivity contribution in [3.8, 4) is 0 Å². The van der Waals surface area contributed by atoms with E-state index in [-0.39, 0.29) is 5.41 Å². The smallest absolute Gasteiger partial charge is 0.255 e. The number of hydrogen-bond donors (Lipinski definition) is 1. The van der Waals surface area contributed by atoms with E-state index in [1.54, 1.807) is 10.6 Å². The van der Waals surface area contributed by atoms with Crippen molar-refractivity contribution in [1.29, 1.82) is 0 Å². The Balaban J connectivity index is 2.09. The lowest BCUT2D eigenvalue weighted by molar-refractivity contribution is 0.592. The Morgan fingerprint density at radius 2 is 1.95 bits per heavy atom. The van der Waals surface area contributed by atoms with Crippen LogP contribution in [0.4, 0.5) is 11.5 Å². The van der Waals surface area contributed by atoms with Gasteiger partial charge in [0, 0.05) is 11.8 Å². The van der Waals surface area contributed by atoms with Gasteiger partial charge in [-0.1, -0.05) is 50.6 Å². The monoisotopic (exact) mass is 301 g/mol. The molecule has 0 saturated heterocycles. The minimum atomic E-state index is 0.0297. The Labute approximate surface area is 128 Å². The van der Waals surface area contributed by atoms with Gasteiger partial charge in [0.05, 0.1) is 0 Å². The van der Waals surface area contributed by atoms with Crippen LogP contribution >= 0.6 is 11.6 Å². The second-order valence-corrected chi connectivity index (χ2v) is 6.24. The molecule has 2 heterocycles. The van der Waals surface area contributed by atoms with Crippen LogP contribution in [0.15, 0.2) is 36.7 Å². The summed E-state index contributed by atoms with van der Waals surface area (Å²) in [5.74, 6) is 1.21. The van der Waals surface area contributed by atoms with Gasteiger partial charge in [-0.05, 0) is 17.0 Å². The van der Waals surface area contributed by atoms with Crippen molar-refractivity contribution in [3.63, 3.8) is 0 Å². The maximum Gasteiger partial charge on any atom is 0.255 e. The van der Waals surface area contributed by atoms with E-state index in [1.807, 2.05) is 18.2 Å². The van der Waals surface area contributed by atoms with Crippen LogP contribution in [0.1, 0.15) is 26.3 Å². The lowest BCUT2D eigenvalue weighted by Gasteiger charge is -2.23. The van der Waals surface area contributed by atoms with Gasteiger partial charge in [0.1, 0.15) is 17.3 Å². The average molecular weight is 302 g/mol. The summed E-state index contributed by atoms with van der Waals surface area (Å²) in [7, 11) is 0. The molecule has 0 fully saturated rings. The van der Waals surface area contributed by atoms with E-state index in [0.29, 0.717) is 10.9 Å².